The molecule has 0 N–H and O–H groups in total. The Bertz CT molecular complexity index is 446. The first kappa shape index (κ1) is 12.7. The Morgan fingerprint density at radius 3 is 2.56 bits per heavy atom. The van der Waals surface area contributed by atoms with Gasteiger partial charge in [0.15, 0.2) is 5.78 Å². The van der Waals surface area contributed by atoms with Crippen LogP contribution in [0.3, 0.4) is 0 Å². The van der Waals surface area contributed by atoms with Gasteiger partial charge in [-0.25, -0.2) is 0 Å². The predicted octanol–water partition coefficient (Wildman–Crippen LogP) is 3.63. The lowest BCUT2D eigenvalue weighted by Crippen LogP contribution is -2.19. The van der Waals surface area contributed by atoms with E-state index in [1.807, 2.05) is 32.9 Å². The molecule has 0 fully saturated rings. The number of benzene rings is 1. The number of halogens is 1. The van der Waals surface area contributed by atoms with E-state index in [9.17, 15) is 4.79 Å². The van der Waals surface area contributed by atoms with Crippen LogP contribution in [0.2, 0.25) is 5.02 Å². The minimum absolute atomic E-state index is 0.00548. The number of rotatable bonds is 3. The molecule has 84 valence electrons. The van der Waals surface area contributed by atoms with Crippen molar-refractivity contribution in [3.05, 3.63) is 34.3 Å². The van der Waals surface area contributed by atoms with Crippen LogP contribution >= 0.6 is 11.6 Å². The van der Waals surface area contributed by atoms with E-state index in [0.717, 1.165) is 5.56 Å². The fraction of sp³-hybridized carbons (Fsp3) is 0.385. The molecule has 0 aliphatic rings. The standard InChI is InChI=1S/C13H14ClNO/c1-8(2)11(7-15)13(16)10-6-4-5-9(3)12(10)14/h4-6,8,11H,1-3H3. The summed E-state index contributed by atoms with van der Waals surface area (Å²) in [6.45, 7) is 5.56. The average Bonchev–Trinajstić information content (AvgIpc) is 2.22. The third kappa shape index (κ3) is 2.43. The van der Waals surface area contributed by atoms with Crippen molar-refractivity contribution in [1.82, 2.24) is 0 Å². The molecule has 0 radical (unpaired) electrons. The van der Waals surface area contributed by atoms with E-state index < -0.39 is 5.92 Å². The SMILES string of the molecule is Cc1cccc(C(=O)C(C#N)C(C)C)c1Cl. The summed E-state index contributed by atoms with van der Waals surface area (Å²) in [6.07, 6.45) is 0. The summed E-state index contributed by atoms with van der Waals surface area (Å²) in [7, 11) is 0. The van der Waals surface area contributed by atoms with E-state index in [1.54, 1.807) is 12.1 Å². The number of carbonyl (C=O) groups excluding carboxylic acids is 1. The zero-order valence-corrected chi connectivity index (χ0v) is 10.4. The van der Waals surface area contributed by atoms with Crippen molar-refractivity contribution in [2.24, 2.45) is 11.8 Å². The highest BCUT2D eigenvalue weighted by Crippen LogP contribution is 2.25. The van der Waals surface area contributed by atoms with Crippen LogP contribution in [0.15, 0.2) is 18.2 Å². The van der Waals surface area contributed by atoms with Gasteiger partial charge in [-0.2, -0.15) is 5.26 Å². The number of nitrogens with zero attached hydrogens (tertiary/aromatic N) is 1. The molecule has 16 heavy (non-hydrogen) atoms. The third-order valence-electron chi connectivity index (χ3n) is 2.55. The summed E-state index contributed by atoms with van der Waals surface area (Å²) in [5.74, 6) is -0.820. The summed E-state index contributed by atoms with van der Waals surface area (Å²) in [6, 6.07) is 7.33. The molecule has 1 atom stereocenters. The zero-order valence-electron chi connectivity index (χ0n) is 9.62. The molecule has 0 amide bonds. The first-order valence-corrected chi connectivity index (χ1v) is 5.55. The molecule has 1 aromatic carbocycles. The van der Waals surface area contributed by atoms with Crippen LogP contribution in [-0.4, -0.2) is 5.78 Å². The Balaban J connectivity index is 3.15. The molecule has 3 heteroatoms. The molecule has 0 aliphatic carbocycles. The topological polar surface area (TPSA) is 40.9 Å². The highest BCUT2D eigenvalue weighted by molar-refractivity contribution is 6.34. The van der Waals surface area contributed by atoms with Crippen molar-refractivity contribution in [3.63, 3.8) is 0 Å². The van der Waals surface area contributed by atoms with E-state index in [1.165, 1.54) is 0 Å². The average molecular weight is 236 g/mol. The van der Waals surface area contributed by atoms with E-state index in [0.29, 0.717) is 10.6 Å². The Morgan fingerprint density at radius 1 is 1.44 bits per heavy atom. The summed E-state index contributed by atoms with van der Waals surface area (Å²) in [5, 5.41) is 9.43. The molecule has 1 rings (SSSR count). The second-order valence-corrected chi connectivity index (χ2v) is 4.53. The molecular formula is C13H14ClNO. The molecule has 0 heterocycles. The number of hydrogen-bond donors (Lipinski definition) is 0. The Kier molecular flexibility index (Phi) is 4.09. The molecule has 1 unspecified atom stereocenters. The Labute approximate surface area is 101 Å². The summed E-state index contributed by atoms with van der Waals surface area (Å²) >= 11 is 6.06. The number of carbonyl (C=O) groups is 1. The number of ketones is 1. The van der Waals surface area contributed by atoms with E-state index >= 15 is 0 Å². The van der Waals surface area contributed by atoms with Gasteiger partial charge in [0.25, 0.3) is 0 Å². The quantitative estimate of drug-likeness (QED) is 0.751. The summed E-state index contributed by atoms with van der Waals surface area (Å²) in [5.41, 5.74) is 1.30. The van der Waals surface area contributed by atoms with Crippen molar-refractivity contribution >= 4 is 17.4 Å². The normalized spacial score (nSPS) is 12.2. The molecule has 0 aliphatic heterocycles. The second-order valence-electron chi connectivity index (χ2n) is 4.15. The van der Waals surface area contributed by atoms with Crippen LogP contribution in [0.4, 0.5) is 0 Å². The predicted molar refractivity (Wildman–Crippen MR) is 64.5 cm³/mol. The van der Waals surface area contributed by atoms with Crippen LogP contribution < -0.4 is 0 Å². The molecule has 1 aromatic rings. The van der Waals surface area contributed by atoms with E-state index in [-0.39, 0.29) is 11.7 Å². The lowest BCUT2D eigenvalue weighted by atomic mass is 9.89. The lowest BCUT2D eigenvalue weighted by Gasteiger charge is -2.13. The fourth-order valence-electron chi connectivity index (χ4n) is 1.52. The molecule has 0 bridgehead atoms. The van der Waals surface area contributed by atoms with Gasteiger partial charge in [-0.05, 0) is 24.5 Å². The minimum Gasteiger partial charge on any atom is -0.293 e. The highest BCUT2D eigenvalue weighted by Gasteiger charge is 2.24. The van der Waals surface area contributed by atoms with Crippen molar-refractivity contribution in [1.29, 1.82) is 5.26 Å². The van der Waals surface area contributed by atoms with Crippen LogP contribution in [-0.2, 0) is 0 Å². The van der Waals surface area contributed by atoms with Gasteiger partial charge in [-0.1, -0.05) is 37.6 Å². The van der Waals surface area contributed by atoms with Crippen LogP contribution in [0, 0.1) is 30.1 Å². The summed E-state index contributed by atoms with van der Waals surface area (Å²) in [4.78, 5) is 12.1. The second kappa shape index (κ2) is 5.14. The molecule has 0 spiro atoms. The van der Waals surface area contributed by atoms with Crippen LogP contribution in [0.25, 0.3) is 0 Å². The third-order valence-corrected chi connectivity index (χ3v) is 3.05. The van der Waals surface area contributed by atoms with Gasteiger partial charge in [0.1, 0.15) is 5.92 Å². The summed E-state index contributed by atoms with van der Waals surface area (Å²) < 4.78 is 0. The minimum atomic E-state index is -0.626. The Morgan fingerprint density at radius 2 is 2.06 bits per heavy atom. The number of Topliss-reactive ketones (excluding diaryl/α,β-unsaturated/α-hetero) is 1. The van der Waals surface area contributed by atoms with Gasteiger partial charge >= 0.3 is 0 Å². The van der Waals surface area contributed by atoms with Gasteiger partial charge in [0.2, 0.25) is 0 Å². The van der Waals surface area contributed by atoms with Crippen LogP contribution in [0.1, 0.15) is 29.8 Å². The Hall–Kier alpha value is -1.33. The zero-order chi connectivity index (χ0) is 12.3. The smallest absolute Gasteiger partial charge is 0.181 e. The maximum absolute atomic E-state index is 12.1. The van der Waals surface area contributed by atoms with Gasteiger partial charge < -0.3 is 0 Å². The fourth-order valence-corrected chi connectivity index (χ4v) is 1.73. The van der Waals surface area contributed by atoms with E-state index in [4.69, 9.17) is 16.9 Å². The van der Waals surface area contributed by atoms with Crippen molar-refractivity contribution in [2.45, 2.75) is 20.8 Å². The molecular weight excluding hydrogens is 222 g/mol. The molecule has 0 aromatic heterocycles. The first-order valence-electron chi connectivity index (χ1n) is 5.18. The van der Waals surface area contributed by atoms with Gasteiger partial charge in [-0.15, -0.1) is 0 Å². The van der Waals surface area contributed by atoms with Crippen LogP contribution in [0.5, 0.6) is 0 Å². The molecule has 0 saturated heterocycles. The molecule has 2 nitrogen and oxygen atoms in total. The van der Waals surface area contributed by atoms with Gasteiger partial charge in [-0.3, -0.25) is 4.79 Å². The molecule has 0 saturated carbocycles. The van der Waals surface area contributed by atoms with Gasteiger partial charge in [0, 0.05) is 5.56 Å². The first-order chi connectivity index (χ1) is 7.49. The van der Waals surface area contributed by atoms with E-state index in [2.05, 4.69) is 0 Å². The number of hydrogen-bond acceptors (Lipinski definition) is 2. The maximum atomic E-state index is 12.1. The number of aryl methyl sites for hydroxylation is 1. The van der Waals surface area contributed by atoms with Gasteiger partial charge in [0.05, 0.1) is 11.1 Å². The lowest BCUT2D eigenvalue weighted by molar-refractivity contribution is 0.0924. The monoisotopic (exact) mass is 235 g/mol. The number of nitriles is 1. The largest absolute Gasteiger partial charge is 0.293 e. The van der Waals surface area contributed by atoms with Crippen molar-refractivity contribution < 1.29 is 4.79 Å². The maximum Gasteiger partial charge on any atom is 0.181 e. The van der Waals surface area contributed by atoms with Crippen molar-refractivity contribution in [3.8, 4) is 6.07 Å². The highest BCUT2D eigenvalue weighted by atomic mass is 35.5. The van der Waals surface area contributed by atoms with Crippen molar-refractivity contribution in [2.75, 3.05) is 0 Å².